The molecule has 0 atom stereocenters. The van der Waals surface area contributed by atoms with Gasteiger partial charge in [-0.15, -0.1) is 0 Å². The number of aromatic nitrogens is 4. The lowest BCUT2D eigenvalue weighted by atomic mass is 10.1. The maximum absolute atomic E-state index is 13.0. The van der Waals surface area contributed by atoms with Crippen molar-refractivity contribution in [3.05, 3.63) is 62.1 Å². The van der Waals surface area contributed by atoms with E-state index in [1.54, 1.807) is 7.05 Å². The van der Waals surface area contributed by atoms with Crippen molar-refractivity contribution in [1.29, 1.82) is 0 Å². The summed E-state index contributed by atoms with van der Waals surface area (Å²) in [5, 5.41) is 0. The van der Waals surface area contributed by atoms with Gasteiger partial charge < -0.3 is 9.47 Å². The van der Waals surface area contributed by atoms with Crippen LogP contribution in [0.15, 0.2) is 33.9 Å². The van der Waals surface area contributed by atoms with Gasteiger partial charge in [-0.2, -0.15) is 0 Å². The molecule has 154 valence electrons. The van der Waals surface area contributed by atoms with Crippen LogP contribution in [0.5, 0.6) is 0 Å². The minimum absolute atomic E-state index is 0.283. The average molecular weight is 396 g/mol. The number of fused-ring (bicyclic) bond motifs is 1. The van der Waals surface area contributed by atoms with Gasteiger partial charge in [-0.3, -0.25) is 13.9 Å². The van der Waals surface area contributed by atoms with Crippen LogP contribution in [0, 0.1) is 6.92 Å². The Balaban J connectivity index is 1.75. The van der Waals surface area contributed by atoms with Crippen molar-refractivity contribution in [3.63, 3.8) is 0 Å². The molecule has 1 aliphatic heterocycles. The third kappa shape index (κ3) is 3.79. The largest absolute Gasteiger partial charge is 0.332 e. The summed E-state index contributed by atoms with van der Waals surface area (Å²) < 4.78 is 4.66. The van der Waals surface area contributed by atoms with Crippen LogP contribution in [0.3, 0.4) is 0 Å². The predicted octanol–water partition coefficient (Wildman–Crippen LogP) is 1.82. The Morgan fingerprint density at radius 3 is 2.55 bits per heavy atom. The van der Waals surface area contributed by atoms with Crippen molar-refractivity contribution < 1.29 is 0 Å². The smallest absolute Gasteiger partial charge is 0.318 e. The fourth-order valence-corrected chi connectivity index (χ4v) is 4.31. The number of likely N-dealkylation sites (tertiary alicyclic amines) is 1. The van der Waals surface area contributed by atoms with E-state index < -0.39 is 0 Å². The maximum Gasteiger partial charge on any atom is 0.332 e. The summed E-state index contributed by atoms with van der Waals surface area (Å²) in [5.41, 5.74) is 2.67. The van der Waals surface area contributed by atoms with Crippen LogP contribution in [0.4, 0.5) is 0 Å². The van der Waals surface area contributed by atoms with Gasteiger partial charge in [0.1, 0.15) is 5.82 Å². The minimum atomic E-state index is -0.341. The third-order valence-corrected chi connectivity index (χ3v) is 5.92. The fraction of sp³-hybridized carbons (Fsp3) is 0.500. The lowest BCUT2D eigenvalue weighted by Crippen LogP contribution is -2.37. The van der Waals surface area contributed by atoms with Gasteiger partial charge in [-0.25, -0.2) is 9.78 Å². The lowest BCUT2D eigenvalue weighted by Gasteiger charge is -2.14. The first kappa shape index (κ1) is 19.6. The third-order valence-electron chi connectivity index (χ3n) is 5.92. The second-order valence-corrected chi connectivity index (χ2v) is 8.13. The van der Waals surface area contributed by atoms with Gasteiger partial charge in [0.25, 0.3) is 5.56 Å². The zero-order valence-corrected chi connectivity index (χ0v) is 17.5. The Morgan fingerprint density at radius 1 is 1.07 bits per heavy atom. The molecule has 0 saturated carbocycles. The topological polar surface area (TPSA) is 65.1 Å². The van der Waals surface area contributed by atoms with Gasteiger partial charge >= 0.3 is 5.69 Å². The van der Waals surface area contributed by atoms with Crippen LogP contribution >= 0.6 is 0 Å². The molecule has 4 rings (SSSR count). The van der Waals surface area contributed by atoms with E-state index in [9.17, 15) is 9.59 Å². The van der Waals surface area contributed by atoms with E-state index in [1.165, 1.54) is 47.7 Å². The van der Waals surface area contributed by atoms with Crippen LogP contribution in [-0.4, -0.2) is 43.2 Å². The van der Waals surface area contributed by atoms with E-state index in [2.05, 4.69) is 30.0 Å². The number of aryl methyl sites for hydroxylation is 3. The summed E-state index contributed by atoms with van der Waals surface area (Å²) in [6, 6.07) is 8.30. The molecular formula is C22H29N5O2. The molecule has 0 amide bonds. The van der Waals surface area contributed by atoms with Gasteiger partial charge in [-0.1, -0.05) is 29.8 Å². The second-order valence-electron chi connectivity index (χ2n) is 8.13. The molecule has 0 radical (unpaired) electrons. The van der Waals surface area contributed by atoms with Crippen molar-refractivity contribution >= 4 is 11.2 Å². The molecule has 3 heterocycles. The molecule has 0 N–H and O–H groups in total. The highest BCUT2D eigenvalue weighted by molar-refractivity contribution is 5.71. The first-order chi connectivity index (χ1) is 14.0. The van der Waals surface area contributed by atoms with E-state index >= 15 is 0 Å². The molecule has 7 nitrogen and oxygen atoms in total. The summed E-state index contributed by atoms with van der Waals surface area (Å²) >= 11 is 0. The van der Waals surface area contributed by atoms with Crippen LogP contribution in [0.2, 0.25) is 0 Å². The van der Waals surface area contributed by atoms with Crippen LogP contribution in [0.1, 0.15) is 36.2 Å². The lowest BCUT2D eigenvalue weighted by molar-refractivity contribution is 0.332. The predicted molar refractivity (Wildman–Crippen MR) is 114 cm³/mol. The van der Waals surface area contributed by atoms with Gasteiger partial charge in [0.2, 0.25) is 0 Å². The standard InChI is InChI=1S/C22H29N5O2/c1-16-8-6-9-17(14-16)15-27-18(10-7-13-26-11-4-5-12-26)23-20-19(27)21(28)25(3)22(29)24(20)2/h6,8-9,14H,4-5,7,10-13,15H2,1-3H3. The monoisotopic (exact) mass is 395 g/mol. The molecule has 2 aromatic heterocycles. The van der Waals surface area contributed by atoms with Gasteiger partial charge in [0.05, 0.1) is 0 Å². The summed E-state index contributed by atoms with van der Waals surface area (Å²) in [6.45, 7) is 6.04. The average Bonchev–Trinajstić information content (AvgIpc) is 3.33. The van der Waals surface area contributed by atoms with E-state index in [0.29, 0.717) is 17.7 Å². The van der Waals surface area contributed by atoms with Crippen LogP contribution in [0.25, 0.3) is 11.2 Å². The van der Waals surface area contributed by atoms with Crippen molar-refractivity contribution in [1.82, 2.24) is 23.6 Å². The summed E-state index contributed by atoms with van der Waals surface area (Å²) in [5.74, 6) is 0.874. The van der Waals surface area contributed by atoms with Crippen molar-refractivity contribution in [3.8, 4) is 0 Å². The molecule has 0 aliphatic carbocycles. The van der Waals surface area contributed by atoms with E-state index in [0.717, 1.165) is 30.8 Å². The van der Waals surface area contributed by atoms with Gasteiger partial charge in [-0.05, 0) is 51.4 Å². The van der Waals surface area contributed by atoms with Gasteiger partial charge in [0.15, 0.2) is 11.2 Å². The Morgan fingerprint density at radius 2 is 1.83 bits per heavy atom. The van der Waals surface area contributed by atoms with E-state index in [-0.39, 0.29) is 11.2 Å². The SMILES string of the molecule is Cc1cccc(Cn2c(CCCN3CCCC3)nc3c2c(=O)n(C)c(=O)n3C)c1. The maximum atomic E-state index is 13.0. The molecule has 3 aromatic rings. The number of rotatable bonds is 6. The molecule has 7 heteroatoms. The summed E-state index contributed by atoms with van der Waals surface area (Å²) in [4.78, 5) is 32.6. The Kier molecular flexibility index (Phi) is 5.41. The highest BCUT2D eigenvalue weighted by Crippen LogP contribution is 2.17. The Hall–Kier alpha value is -2.67. The van der Waals surface area contributed by atoms with Crippen LogP contribution < -0.4 is 11.2 Å². The molecular weight excluding hydrogens is 366 g/mol. The zero-order chi connectivity index (χ0) is 20.5. The fourth-order valence-electron chi connectivity index (χ4n) is 4.31. The van der Waals surface area contributed by atoms with Gasteiger partial charge in [0, 0.05) is 27.1 Å². The number of nitrogens with zero attached hydrogens (tertiary/aromatic N) is 5. The molecule has 0 spiro atoms. The van der Waals surface area contributed by atoms with Crippen LogP contribution in [-0.2, 0) is 27.1 Å². The minimum Gasteiger partial charge on any atom is -0.318 e. The Bertz CT molecular complexity index is 1150. The van der Waals surface area contributed by atoms with Crippen molar-refractivity contribution in [2.45, 2.75) is 39.2 Å². The van der Waals surface area contributed by atoms with E-state index in [1.807, 2.05) is 10.6 Å². The number of hydrogen-bond acceptors (Lipinski definition) is 4. The molecule has 29 heavy (non-hydrogen) atoms. The summed E-state index contributed by atoms with van der Waals surface area (Å²) in [7, 11) is 3.21. The highest BCUT2D eigenvalue weighted by atomic mass is 16.2. The number of imidazole rings is 1. The summed E-state index contributed by atoms with van der Waals surface area (Å²) in [6.07, 6.45) is 4.34. The van der Waals surface area contributed by atoms with Crippen molar-refractivity contribution in [2.75, 3.05) is 19.6 Å². The quantitative estimate of drug-likeness (QED) is 0.639. The zero-order valence-electron chi connectivity index (χ0n) is 17.5. The molecule has 1 saturated heterocycles. The second kappa shape index (κ2) is 7.99. The van der Waals surface area contributed by atoms with E-state index in [4.69, 9.17) is 4.98 Å². The number of benzene rings is 1. The normalized spacial score (nSPS) is 14.9. The Labute approximate surface area is 170 Å². The highest BCUT2D eigenvalue weighted by Gasteiger charge is 2.20. The molecule has 1 aliphatic rings. The molecule has 1 fully saturated rings. The first-order valence-electron chi connectivity index (χ1n) is 10.4. The number of hydrogen-bond donors (Lipinski definition) is 0. The van der Waals surface area contributed by atoms with Crippen molar-refractivity contribution in [2.24, 2.45) is 14.1 Å². The molecule has 0 unspecified atom stereocenters. The molecule has 0 bridgehead atoms. The first-order valence-corrected chi connectivity index (χ1v) is 10.4. The molecule has 1 aromatic carbocycles.